The molecule has 0 amide bonds. The van der Waals surface area contributed by atoms with Crippen LogP contribution in [0.1, 0.15) is 15.4 Å². The topological polar surface area (TPSA) is 58.4 Å². The van der Waals surface area contributed by atoms with Gasteiger partial charge in [-0.1, -0.05) is 0 Å². The smallest absolute Gasteiger partial charge is 0.345 e. The average molecular weight is 253 g/mol. The molecule has 1 N–H and O–H groups in total. The van der Waals surface area contributed by atoms with Crippen molar-refractivity contribution in [1.82, 2.24) is 14.7 Å². The Hall–Kier alpha value is -1.40. The molecule has 0 spiro atoms. The van der Waals surface area contributed by atoms with E-state index in [1.54, 1.807) is 6.07 Å². The van der Waals surface area contributed by atoms with Crippen molar-refractivity contribution in [3.8, 4) is 0 Å². The minimum absolute atomic E-state index is 0.374. The van der Waals surface area contributed by atoms with Crippen molar-refractivity contribution in [2.24, 2.45) is 0 Å². The summed E-state index contributed by atoms with van der Waals surface area (Å²) in [5.74, 6) is -0.871. The van der Waals surface area contributed by atoms with Gasteiger partial charge in [-0.05, 0) is 27.1 Å². The van der Waals surface area contributed by atoms with Crippen molar-refractivity contribution < 1.29 is 9.90 Å². The highest BCUT2D eigenvalue weighted by atomic mass is 32.1. The predicted octanol–water partition coefficient (Wildman–Crippen LogP) is 1.67. The van der Waals surface area contributed by atoms with E-state index in [1.807, 2.05) is 25.7 Å². The lowest BCUT2D eigenvalue weighted by Crippen LogP contribution is -2.18. The molecular formula is C11H15N3O2S. The number of aryl methyl sites for hydroxylation is 1. The van der Waals surface area contributed by atoms with Gasteiger partial charge in [-0.25, -0.2) is 4.79 Å². The summed E-state index contributed by atoms with van der Waals surface area (Å²) >= 11 is 1.29. The van der Waals surface area contributed by atoms with Gasteiger partial charge in [0, 0.05) is 11.9 Å². The molecule has 0 aliphatic carbocycles. The average Bonchev–Trinajstić information content (AvgIpc) is 2.77. The fourth-order valence-corrected chi connectivity index (χ4v) is 2.69. The Morgan fingerprint density at radius 2 is 2.29 bits per heavy atom. The Morgan fingerprint density at radius 1 is 1.59 bits per heavy atom. The van der Waals surface area contributed by atoms with Crippen LogP contribution in [0.5, 0.6) is 0 Å². The molecule has 0 atom stereocenters. The lowest BCUT2D eigenvalue weighted by atomic mass is 10.3. The highest BCUT2D eigenvalue weighted by molar-refractivity contribution is 7.20. The summed E-state index contributed by atoms with van der Waals surface area (Å²) in [5, 5.41) is 14.4. The zero-order chi connectivity index (χ0) is 12.6. The number of carboxylic acid groups (broad SMARTS) is 1. The van der Waals surface area contributed by atoms with E-state index in [-0.39, 0.29) is 0 Å². The second-order valence-corrected chi connectivity index (χ2v) is 5.28. The van der Waals surface area contributed by atoms with Gasteiger partial charge < -0.3 is 10.0 Å². The van der Waals surface area contributed by atoms with Crippen LogP contribution in [0, 0.1) is 6.92 Å². The van der Waals surface area contributed by atoms with E-state index in [2.05, 4.69) is 10.00 Å². The van der Waals surface area contributed by atoms with Crippen LogP contribution in [-0.2, 0) is 6.54 Å². The first-order valence-electron chi connectivity index (χ1n) is 5.34. The molecule has 0 bridgehead atoms. The van der Waals surface area contributed by atoms with Gasteiger partial charge in [0.15, 0.2) is 0 Å². The summed E-state index contributed by atoms with van der Waals surface area (Å²) in [6.07, 6.45) is 0. The van der Waals surface area contributed by atoms with E-state index in [1.165, 1.54) is 11.3 Å². The van der Waals surface area contributed by atoms with Crippen LogP contribution in [0.4, 0.5) is 0 Å². The lowest BCUT2D eigenvalue weighted by Gasteiger charge is -2.09. The second kappa shape index (κ2) is 4.46. The standard InChI is InChI=1S/C11H15N3O2S/c1-7-8-6-9(11(15)16)17-10(8)14(12-7)5-4-13(2)3/h6H,4-5H2,1-3H3,(H,15,16). The number of hydrogen-bond acceptors (Lipinski definition) is 4. The molecule has 92 valence electrons. The van der Waals surface area contributed by atoms with Gasteiger partial charge in [0.05, 0.1) is 12.2 Å². The van der Waals surface area contributed by atoms with Gasteiger partial charge in [0.25, 0.3) is 0 Å². The molecule has 6 heteroatoms. The van der Waals surface area contributed by atoms with Gasteiger partial charge >= 0.3 is 5.97 Å². The maximum absolute atomic E-state index is 10.9. The summed E-state index contributed by atoms with van der Waals surface area (Å²) < 4.78 is 1.89. The first-order chi connectivity index (χ1) is 7.99. The number of fused-ring (bicyclic) bond motifs is 1. The number of hydrogen-bond donors (Lipinski definition) is 1. The van der Waals surface area contributed by atoms with Gasteiger partial charge in [0.1, 0.15) is 9.71 Å². The first-order valence-corrected chi connectivity index (χ1v) is 6.15. The molecule has 2 rings (SSSR count). The zero-order valence-electron chi connectivity index (χ0n) is 10.1. The van der Waals surface area contributed by atoms with E-state index in [0.29, 0.717) is 4.88 Å². The molecule has 0 unspecified atom stereocenters. The summed E-state index contributed by atoms with van der Waals surface area (Å²) in [4.78, 5) is 14.3. The second-order valence-electron chi connectivity index (χ2n) is 4.25. The summed E-state index contributed by atoms with van der Waals surface area (Å²) in [6, 6.07) is 1.71. The number of rotatable bonds is 4. The SMILES string of the molecule is Cc1nn(CCN(C)C)c2sc(C(=O)O)cc12. The molecule has 2 aromatic heterocycles. The van der Waals surface area contributed by atoms with Gasteiger partial charge in [-0.2, -0.15) is 5.10 Å². The largest absolute Gasteiger partial charge is 0.477 e. The Balaban J connectivity index is 2.39. The van der Waals surface area contributed by atoms with E-state index in [9.17, 15) is 4.79 Å². The molecule has 0 radical (unpaired) electrons. The third-order valence-electron chi connectivity index (χ3n) is 2.58. The van der Waals surface area contributed by atoms with E-state index in [0.717, 1.165) is 29.0 Å². The molecule has 5 nitrogen and oxygen atoms in total. The molecule has 2 aromatic rings. The van der Waals surface area contributed by atoms with Gasteiger partial charge in [-0.15, -0.1) is 11.3 Å². The van der Waals surface area contributed by atoms with Crippen LogP contribution in [0.15, 0.2) is 6.07 Å². The van der Waals surface area contributed by atoms with Crippen LogP contribution in [0.25, 0.3) is 10.2 Å². The van der Waals surface area contributed by atoms with E-state index < -0.39 is 5.97 Å². The Bertz CT molecular complexity index is 556. The molecule has 2 heterocycles. The van der Waals surface area contributed by atoms with Crippen molar-refractivity contribution in [1.29, 1.82) is 0 Å². The van der Waals surface area contributed by atoms with Crippen LogP contribution < -0.4 is 0 Å². The lowest BCUT2D eigenvalue weighted by molar-refractivity contribution is 0.0702. The number of carbonyl (C=O) groups is 1. The number of aromatic nitrogens is 2. The highest BCUT2D eigenvalue weighted by Crippen LogP contribution is 2.28. The van der Waals surface area contributed by atoms with Crippen molar-refractivity contribution >= 4 is 27.5 Å². The molecule has 17 heavy (non-hydrogen) atoms. The van der Waals surface area contributed by atoms with Crippen LogP contribution in [-0.4, -0.2) is 46.4 Å². The fourth-order valence-electron chi connectivity index (χ4n) is 1.66. The molecule has 0 aliphatic heterocycles. The van der Waals surface area contributed by atoms with Crippen molar-refractivity contribution in [2.45, 2.75) is 13.5 Å². The summed E-state index contributed by atoms with van der Waals surface area (Å²) in [6.45, 7) is 3.57. The van der Waals surface area contributed by atoms with E-state index in [4.69, 9.17) is 5.11 Å². The Morgan fingerprint density at radius 3 is 2.88 bits per heavy atom. The minimum Gasteiger partial charge on any atom is -0.477 e. The van der Waals surface area contributed by atoms with Gasteiger partial charge in [-0.3, -0.25) is 4.68 Å². The maximum atomic E-state index is 10.9. The van der Waals surface area contributed by atoms with Crippen molar-refractivity contribution in [2.75, 3.05) is 20.6 Å². The van der Waals surface area contributed by atoms with Crippen molar-refractivity contribution in [3.05, 3.63) is 16.6 Å². The summed E-state index contributed by atoms with van der Waals surface area (Å²) in [7, 11) is 4.01. The quantitative estimate of drug-likeness (QED) is 0.900. The fraction of sp³-hybridized carbons (Fsp3) is 0.455. The van der Waals surface area contributed by atoms with E-state index >= 15 is 0 Å². The molecule has 0 saturated carbocycles. The number of likely N-dealkylation sites (N-methyl/N-ethyl adjacent to an activating group) is 1. The number of aromatic carboxylic acids is 1. The molecule has 0 aliphatic rings. The maximum Gasteiger partial charge on any atom is 0.345 e. The molecule has 0 saturated heterocycles. The number of nitrogens with zero attached hydrogens (tertiary/aromatic N) is 3. The van der Waals surface area contributed by atoms with Gasteiger partial charge in [0.2, 0.25) is 0 Å². The van der Waals surface area contributed by atoms with Crippen LogP contribution in [0.3, 0.4) is 0 Å². The number of thiophene rings is 1. The van der Waals surface area contributed by atoms with Crippen LogP contribution in [0.2, 0.25) is 0 Å². The first kappa shape index (κ1) is 12.1. The van der Waals surface area contributed by atoms with Crippen molar-refractivity contribution in [3.63, 3.8) is 0 Å². The molecule has 0 fully saturated rings. The number of carboxylic acids is 1. The van der Waals surface area contributed by atoms with Crippen LogP contribution >= 0.6 is 11.3 Å². The normalized spacial score (nSPS) is 11.5. The predicted molar refractivity (Wildman–Crippen MR) is 67.9 cm³/mol. The minimum atomic E-state index is -0.871. The third kappa shape index (κ3) is 2.32. The summed E-state index contributed by atoms with van der Waals surface area (Å²) in [5.41, 5.74) is 0.891. The molecule has 0 aromatic carbocycles. The highest BCUT2D eigenvalue weighted by Gasteiger charge is 2.15. The third-order valence-corrected chi connectivity index (χ3v) is 3.71. The Kier molecular flexibility index (Phi) is 3.17. The molecular weight excluding hydrogens is 238 g/mol. The zero-order valence-corrected chi connectivity index (χ0v) is 10.9. The monoisotopic (exact) mass is 253 g/mol. The Labute approximate surface area is 103 Å².